The molecule has 1 aliphatic carbocycles. The van der Waals surface area contributed by atoms with Crippen molar-refractivity contribution in [2.45, 2.75) is 30.2 Å². The van der Waals surface area contributed by atoms with Gasteiger partial charge in [0.15, 0.2) is 0 Å². The molecule has 2 rings (SSSR count). The Kier molecular flexibility index (Phi) is 5.33. The molecule has 3 N–H and O–H groups in total. The number of sulfonamides is 1. The quantitative estimate of drug-likeness (QED) is 0.609. The van der Waals surface area contributed by atoms with Crippen molar-refractivity contribution >= 4 is 15.9 Å². The number of rotatable bonds is 8. The van der Waals surface area contributed by atoms with Gasteiger partial charge in [0.2, 0.25) is 10.0 Å². The van der Waals surface area contributed by atoms with Gasteiger partial charge in [-0.25, -0.2) is 13.1 Å². The van der Waals surface area contributed by atoms with Crippen LogP contribution in [0.4, 0.5) is 0 Å². The largest absolute Gasteiger partial charge is 0.355 e. The normalized spacial score (nSPS) is 14.9. The first-order valence-corrected chi connectivity index (χ1v) is 8.56. The number of hydrogen-bond donors (Lipinski definition) is 3. The lowest BCUT2D eigenvalue weighted by atomic mass is 10.2. The third kappa shape index (κ3) is 4.80. The summed E-state index contributed by atoms with van der Waals surface area (Å²) in [5.41, 5.74) is 0.435. The second kappa shape index (κ2) is 7.02. The smallest absolute Gasteiger partial charge is 0.251 e. The highest BCUT2D eigenvalue weighted by molar-refractivity contribution is 7.89. The number of carbonyl (C=O) groups excluding carboxylic acids is 1. The predicted octanol–water partition coefficient (Wildman–Crippen LogP) is 0.467. The van der Waals surface area contributed by atoms with Crippen LogP contribution in [0.2, 0.25) is 0 Å². The van der Waals surface area contributed by atoms with Gasteiger partial charge in [-0.2, -0.15) is 0 Å². The molecule has 0 saturated heterocycles. The molecule has 0 heterocycles. The Hall–Kier alpha value is -1.44. The minimum Gasteiger partial charge on any atom is -0.355 e. The highest BCUT2D eigenvalue weighted by atomic mass is 32.2. The van der Waals surface area contributed by atoms with Gasteiger partial charge in [0.05, 0.1) is 4.90 Å². The Morgan fingerprint density at radius 2 is 1.86 bits per heavy atom. The fourth-order valence-corrected chi connectivity index (χ4v) is 2.98. The predicted molar refractivity (Wildman–Crippen MR) is 80.7 cm³/mol. The van der Waals surface area contributed by atoms with Crippen molar-refractivity contribution in [3.63, 3.8) is 0 Å². The number of amides is 1. The van der Waals surface area contributed by atoms with E-state index in [2.05, 4.69) is 15.4 Å². The first-order valence-electron chi connectivity index (χ1n) is 7.08. The first kappa shape index (κ1) is 15.9. The second-order valence-electron chi connectivity index (χ2n) is 5.08. The van der Waals surface area contributed by atoms with E-state index in [-0.39, 0.29) is 10.8 Å². The first-order chi connectivity index (χ1) is 10.0. The van der Waals surface area contributed by atoms with Crippen molar-refractivity contribution in [2.75, 3.05) is 20.1 Å². The Morgan fingerprint density at radius 1 is 1.19 bits per heavy atom. The molecule has 0 atom stereocenters. The van der Waals surface area contributed by atoms with Crippen molar-refractivity contribution < 1.29 is 13.2 Å². The molecule has 0 unspecified atom stereocenters. The summed E-state index contributed by atoms with van der Waals surface area (Å²) in [6.07, 6.45) is 3.21. The summed E-state index contributed by atoms with van der Waals surface area (Å²) in [7, 11) is -1.97. The van der Waals surface area contributed by atoms with Crippen molar-refractivity contribution in [3.05, 3.63) is 29.8 Å². The molecule has 1 fully saturated rings. The van der Waals surface area contributed by atoms with Crippen LogP contribution in [0.15, 0.2) is 29.2 Å². The van der Waals surface area contributed by atoms with Gasteiger partial charge in [0.25, 0.3) is 5.91 Å². The van der Waals surface area contributed by atoms with Crippen LogP contribution in [0.5, 0.6) is 0 Å². The van der Waals surface area contributed by atoms with Crippen LogP contribution in [-0.2, 0) is 10.0 Å². The van der Waals surface area contributed by atoms with Crippen LogP contribution in [0.25, 0.3) is 0 Å². The molecule has 1 amide bonds. The summed E-state index contributed by atoms with van der Waals surface area (Å²) in [6, 6.07) is 6.52. The van der Waals surface area contributed by atoms with Crippen LogP contribution in [0.1, 0.15) is 29.6 Å². The lowest BCUT2D eigenvalue weighted by molar-refractivity contribution is 0.0963. The topological polar surface area (TPSA) is 87.3 Å². The van der Waals surface area contributed by atoms with Gasteiger partial charge in [-0.05, 0) is 50.1 Å². The van der Waals surface area contributed by atoms with Crippen LogP contribution < -0.4 is 15.4 Å². The van der Waals surface area contributed by atoms with Crippen molar-refractivity contribution in [3.8, 4) is 0 Å². The van der Waals surface area contributed by atoms with E-state index >= 15 is 0 Å². The fourth-order valence-electron chi connectivity index (χ4n) is 1.90. The molecule has 21 heavy (non-hydrogen) atoms. The molecule has 7 heteroatoms. The van der Waals surface area contributed by atoms with E-state index in [1.165, 1.54) is 44.2 Å². The highest BCUT2D eigenvalue weighted by Crippen LogP contribution is 2.18. The monoisotopic (exact) mass is 311 g/mol. The van der Waals surface area contributed by atoms with E-state index < -0.39 is 10.0 Å². The average molecular weight is 311 g/mol. The number of carbonyl (C=O) groups is 1. The van der Waals surface area contributed by atoms with E-state index in [1.54, 1.807) is 0 Å². The molecule has 0 radical (unpaired) electrons. The third-order valence-corrected chi connectivity index (χ3v) is 4.79. The lowest BCUT2D eigenvalue weighted by Gasteiger charge is -2.08. The van der Waals surface area contributed by atoms with Crippen LogP contribution in [-0.4, -0.2) is 40.5 Å². The average Bonchev–Trinajstić information content (AvgIpc) is 3.30. The molecule has 1 aromatic rings. The summed E-state index contributed by atoms with van der Waals surface area (Å²) < 4.78 is 26.7. The molecule has 6 nitrogen and oxygen atoms in total. The zero-order valence-corrected chi connectivity index (χ0v) is 12.9. The molecule has 116 valence electrons. The Labute approximate surface area is 125 Å². The molecule has 0 aliphatic heterocycles. The van der Waals surface area contributed by atoms with Crippen LogP contribution in [0, 0.1) is 0 Å². The molecule has 1 saturated carbocycles. The summed E-state index contributed by atoms with van der Waals surface area (Å²) in [4.78, 5) is 11.6. The van der Waals surface area contributed by atoms with Gasteiger partial charge in [0.1, 0.15) is 0 Å². The van der Waals surface area contributed by atoms with Gasteiger partial charge < -0.3 is 10.6 Å². The summed E-state index contributed by atoms with van der Waals surface area (Å²) in [5, 5.41) is 5.82. The standard InChI is InChI=1S/C14H21N3O3S/c1-15-14(18)11-3-7-13(8-4-11)21(19,20)17-10-2-9-16-12-5-6-12/h3-4,7-8,12,16-17H,2,5-6,9-10H2,1H3,(H,15,18). The molecule has 0 aromatic heterocycles. The van der Waals surface area contributed by atoms with E-state index in [1.807, 2.05) is 0 Å². The SMILES string of the molecule is CNC(=O)c1ccc(S(=O)(=O)NCCCNC2CC2)cc1. The maximum Gasteiger partial charge on any atom is 0.251 e. The maximum atomic E-state index is 12.1. The number of benzene rings is 1. The molecular weight excluding hydrogens is 290 g/mol. The number of hydrogen-bond acceptors (Lipinski definition) is 4. The molecule has 0 spiro atoms. The molecule has 1 aliphatic rings. The zero-order chi connectivity index (χ0) is 15.3. The minimum atomic E-state index is -3.50. The van der Waals surface area contributed by atoms with Gasteiger partial charge in [0, 0.05) is 25.2 Å². The summed E-state index contributed by atoms with van der Waals surface area (Å²) >= 11 is 0. The van der Waals surface area contributed by atoms with Crippen LogP contribution >= 0.6 is 0 Å². The lowest BCUT2D eigenvalue weighted by Crippen LogP contribution is -2.28. The minimum absolute atomic E-state index is 0.172. The van der Waals surface area contributed by atoms with Crippen molar-refractivity contribution in [2.24, 2.45) is 0 Å². The van der Waals surface area contributed by atoms with Gasteiger partial charge >= 0.3 is 0 Å². The maximum absolute atomic E-state index is 12.1. The number of nitrogens with one attached hydrogen (secondary N) is 3. The fraction of sp³-hybridized carbons (Fsp3) is 0.500. The van der Waals surface area contributed by atoms with Crippen molar-refractivity contribution in [1.82, 2.24) is 15.4 Å². The molecule has 0 bridgehead atoms. The van der Waals surface area contributed by atoms with Crippen LogP contribution in [0.3, 0.4) is 0 Å². The van der Waals surface area contributed by atoms with E-state index in [4.69, 9.17) is 0 Å². The van der Waals surface area contributed by atoms with E-state index in [0.29, 0.717) is 18.2 Å². The highest BCUT2D eigenvalue weighted by Gasteiger charge is 2.19. The Bertz CT molecular complexity index is 580. The van der Waals surface area contributed by atoms with Gasteiger partial charge in [-0.1, -0.05) is 0 Å². The second-order valence-corrected chi connectivity index (χ2v) is 6.85. The Morgan fingerprint density at radius 3 is 2.43 bits per heavy atom. The Balaban J connectivity index is 1.84. The van der Waals surface area contributed by atoms with Crippen molar-refractivity contribution in [1.29, 1.82) is 0 Å². The van der Waals surface area contributed by atoms with E-state index in [9.17, 15) is 13.2 Å². The van der Waals surface area contributed by atoms with Gasteiger partial charge in [-0.3, -0.25) is 4.79 Å². The summed E-state index contributed by atoms with van der Waals surface area (Å²) in [6.45, 7) is 1.22. The van der Waals surface area contributed by atoms with E-state index in [0.717, 1.165) is 13.0 Å². The zero-order valence-electron chi connectivity index (χ0n) is 12.1. The third-order valence-electron chi connectivity index (χ3n) is 3.31. The molecular formula is C14H21N3O3S. The summed E-state index contributed by atoms with van der Waals surface area (Å²) in [5.74, 6) is -0.238. The van der Waals surface area contributed by atoms with Gasteiger partial charge in [-0.15, -0.1) is 0 Å². The molecule has 1 aromatic carbocycles.